The molecule has 2 bridgehead atoms. The van der Waals surface area contributed by atoms with Crippen LogP contribution in [0.4, 0.5) is 0 Å². The standard InChI is InChI=1S/C16H25N3O2/c1-10(13-7-11-4-3-5-12(6-11)8-13)18-15(20)14-9-17-19(2)16(14)21/h9-13,17H,3-8H2,1-2H3,(H,18,20). The quantitative estimate of drug-likeness (QED) is 0.895. The Morgan fingerprint density at radius 1 is 1.33 bits per heavy atom. The van der Waals surface area contributed by atoms with E-state index >= 15 is 0 Å². The zero-order valence-corrected chi connectivity index (χ0v) is 12.9. The number of hydrogen-bond donors (Lipinski definition) is 2. The SMILES string of the molecule is CC(NC(=O)c1c[nH]n(C)c1=O)C1CC2CCCC(C2)C1. The number of carbonyl (C=O) groups is 1. The molecule has 2 aliphatic rings. The van der Waals surface area contributed by atoms with Crippen LogP contribution in [0.5, 0.6) is 0 Å². The van der Waals surface area contributed by atoms with Gasteiger partial charge in [-0.2, -0.15) is 0 Å². The van der Waals surface area contributed by atoms with Crippen molar-refractivity contribution in [2.45, 2.75) is 51.5 Å². The summed E-state index contributed by atoms with van der Waals surface area (Å²) in [4.78, 5) is 24.0. The van der Waals surface area contributed by atoms with Gasteiger partial charge in [0.2, 0.25) is 0 Å². The van der Waals surface area contributed by atoms with Crippen molar-refractivity contribution in [2.75, 3.05) is 0 Å². The molecule has 2 aliphatic carbocycles. The Kier molecular flexibility index (Phi) is 3.91. The molecule has 2 N–H and O–H groups in total. The van der Waals surface area contributed by atoms with Gasteiger partial charge in [0.1, 0.15) is 5.56 Å². The molecule has 0 aromatic carbocycles. The second kappa shape index (κ2) is 5.70. The van der Waals surface area contributed by atoms with Gasteiger partial charge in [-0.05, 0) is 43.9 Å². The van der Waals surface area contributed by atoms with Gasteiger partial charge >= 0.3 is 0 Å². The fourth-order valence-electron chi connectivity index (χ4n) is 4.22. The Labute approximate surface area is 125 Å². The van der Waals surface area contributed by atoms with E-state index in [1.165, 1.54) is 49.4 Å². The van der Waals surface area contributed by atoms with Crippen LogP contribution >= 0.6 is 0 Å². The molecule has 3 rings (SSSR count). The second-order valence-corrected chi connectivity index (χ2v) is 6.94. The van der Waals surface area contributed by atoms with Gasteiger partial charge in [0.05, 0.1) is 0 Å². The number of amides is 1. The highest BCUT2D eigenvalue weighted by Crippen LogP contribution is 2.43. The molecule has 1 aromatic heterocycles. The number of nitrogens with zero attached hydrogens (tertiary/aromatic N) is 1. The second-order valence-electron chi connectivity index (χ2n) is 6.94. The predicted octanol–water partition coefficient (Wildman–Crippen LogP) is 2.05. The summed E-state index contributed by atoms with van der Waals surface area (Å²) in [6, 6.07) is 0.139. The number of aromatic nitrogens is 2. The Morgan fingerprint density at radius 3 is 2.57 bits per heavy atom. The highest BCUT2D eigenvalue weighted by atomic mass is 16.2. The third kappa shape index (κ3) is 2.92. The molecule has 0 aliphatic heterocycles. The van der Waals surface area contributed by atoms with Crippen molar-refractivity contribution < 1.29 is 4.79 Å². The normalized spacial score (nSPS) is 29.9. The number of rotatable bonds is 3. The maximum Gasteiger partial charge on any atom is 0.279 e. The molecule has 116 valence electrons. The smallest absolute Gasteiger partial charge is 0.279 e. The van der Waals surface area contributed by atoms with Crippen LogP contribution in [0.15, 0.2) is 11.0 Å². The van der Waals surface area contributed by atoms with Gasteiger partial charge in [-0.25, -0.2) is 0 Å². The van der Waals surface area contributed by atoms with Crippen LogP contribution in [0.3, 0.4) is 0 Å². The average molecular weight is 291 g/mol. The summed E-state index contributed by atoms with van der Waals surface area (Å²) in [6.45, 7) is 2.08. The molecular formula is C16H25N3O2. The highest BCUT2D eigenvalue weighted by molar-refractivity contribution is 5.93. The number of fused-ring (bicyclic) bond motifs is 2. The molecule has 3 unspecified atom stereocenters. The third-order valence-electron chi connectivity index (χ3n) is 5.41. The van der Waals surface area contributed by atoms with Crippen molar-refractivity contribution in [1.82, 2.24) is 15.1 Å². The molecule has 0 spiro atoms. The van der Waals surface area contributed by atoms with Crippen molar-refractivity contribution in [2.24, 2.45) is 24.8 Å². The first kappa shape index (κ1) is 14.4. The molecule has 0 radical (unpaired) electrons. The number of nitrogens with one attached hydrogen (secondary N) is 2. The summed E-state index contributed by atoms with van der Waals surface area (Å²) in [5.41, 5.74) is -0.0550. The lowest BCUT2D eigenvalue weighted by atomic mass is 9.66. The van der Waals surface area contributed by atoms with Gasteiger partial charge in [-0.1, -0.05) is 19.3 Å². The van der Waals surface area contributed by atoms with Crippen LogP contribution in [0.2, 0.25) is 0 Å². The van der Waals surface area contributed by atoms with Crippen molar-refractivity contribution in [3.05, 3.63) is 22.1 Å². The fraction of sp³-hybridized carbons (Fsp3) is 0.750. The Hall–Kier alpha value is -1.52. The van der Waals surface area contributed by atoms with E-state index in [1.807, 2.05) is 0 Å². The molecule has 1 heterocycles. The van der Waals surface area contributed by atoms with Gasteiger partial charge in [0.15, 0.2) is 0 Å². The lowest BCUT2D eigenvalue weighted by molar-refractivity contribution is 0.0853. The van der Waals surface area contributed by atoms with E-state index in [4.69, 9.17) is 0 Å². The minimum absolute atomic E-state index is 0.139. The Morgan fingerprint density at radius 2 is 2.00 bits per heavy atom. The van der Waals surface area contributed by atoms with Gasteiger partial charge in [0.25, 0.3) is 11.5 Å². The van der Waals surface area contributed by atoms with E-state index in [-0.39, 0.29) is 23.1 Å². The summed E-state index contributed by atoms with van der Waals surface area (Å²) < 4.78 is 1.32. The number of carbonyl (C=O) groups excluding carboxylic acids is 1. The van der Waals surface area contributed by atoms with Crippen LogP contribution in [-0.4, -0.2) is 21.7 Å². The number of aryl methyl sites for hydroxylation is 1. The van der Waals surface area contributed by atoms with Crippen molar-refractivity contribution >= 4 is 5.91 Å². The number of hydrogen-bond acceptors (Lipinski definition) is 2. The Balaban J connectivity index is 1.63. The lowest BCUT2D eigenvalue weighted by Crippen LogP contribution is -2.43. The molecule has 5 nitrogen and oxygen atoms in total. The molecule has 2 saturated carbocycles. The molecular weight excluding hydrogens is 266 g/mol. The summed E-state index contributed by atoms with van der Waals surface area (Å²) in [6.07, 6.45) is 9.40. The molecule has 1 amide bonds. The van der Waals surface area contributed by atoms with Crippen molar-refractivity contribution in [3.8, 4) is 0 Å². The monoisotopic (exact) mass is 291 g/mol. The van der Waals surface area contributed by atoms with Crippen LogP contribution in [0.1, 0.15) is 55.8 Å². The minimum Gasteiger partial charge on any atom is -0.349 e. The molecule has 21 heavy (non-hydrogen) atoms. The fourth-order valence-corrected chi connectivity index (χ4v) is 4.22. The van der Waals surface area contributed by atoms with Gasteiger partial charge < -0.3 is 10.4 Å². The van der Waals surface area contributed by atoms with Crippen LogP contribution in [0.25, 0.3) is 0 Å². The highest BCUT2D eigenvalue weighted by Gasteiger charge is 2.34. The van der Waals surface area contributed by atoms with Gasteiger partial charge in [0, 0.05) is 19.3 Å². The predicted molar refractivity (Wildman–Crippen MR) is 81.1 cm³/mol. The first-order chi connectivity index (χ1) is 10.0. The molecule has 3 atom stereocenters. The maximum atomic E-state index is 12.2. The summed E-state index contributed by atoms with van der Waals surface area (Å²) in [5.74, 6) is 2.00. The van der Waals surface area contributed by atoms with Crippen LogP contribution in [-0.2, 0) is 7.05 Å². The zero-order valence-electron chi connectivity index (χ0n) is 12.9. The van der Waals surface area contributed by atoms with Crippen molar-refractivity contribution in [3.63, 3.8) is 0 Å². The number of H-pyrrole nitrogens is 1. The van der Waals surface area contributed by atoms with Crippen molar-refractivity contribution in [1.29, 1.82) is 0 Å². The van der Waals surface area contributed by atoms with E-state index in [9.17, 15) is 9.59 Å². The van der Waals surface area contributed by atoms with E-state index in [1.54, 1.807) is 7.05 Å². The largest absolute Gasteiger partial charge is 0.349 e. The zero-order chi connectivity index (χ0) is 15.0. The topological polar surface area (TPSA) is 66.9 Å². The summed E-state index contributed by atoms with van der Waals surface area (Å²) in [7, 11) is 1.62. The first-order valence-electron chi connectivity index (χ1n) is 8.10. The Bertz CT molecular complexity index is 562. The molecule has 1 aromatic rings. The van der Waals surface area contributed by atoms with Gasteiger partial charge in [-0.15, -0.1) is 0 Å². The van der Waals surface area contributed by atoms with E-state index in [0.29, 0.717) is 5.92 Å². The van der Waals surface area contributed by atoms with E-state index in [2.05, 4.69) is 17.3 Å². The molecule has 2 fully saturated rings. The van der Waals surface area contributed by atoms with Crippen LogP contribution in [0, 0.1) is 17.8 Å². The van der Waals surface area contributed by atoms with Crippen LogP contribution < -0.4 is 10.9 Å². The molecule has 5 heteroatoms. The lowest BCUT2D eigenvalue weighted by Gasteiger charge is -2.41. The summed E-state index contributed by atoms with van der Waals surface area (Å²) in [5, 5.41) is 5.78. The third-order valence-corrected chi connectivity index (χ3v) is 5.41. The summed E-state index contributed by atoms with van der Waals surface area (Å²) >= 11 is 0. The number of aromatic amines is 1. The van der Waals surface area contributed by atoms with E-state index in [0.717, 1.165) is 11.8 Å². The minimum atomic E-state index is -0.264. The first-order valence-corrected chi connectivity index (χ1v) is 8.10. The average Bonchev–Trinajstić information content (AvgIpc) is 2.78. The maximum absolute atomic E-state index is 12.2. The van der Waals surface area contributed by atoms with E-state index < -0.39 is 0 Å². The molecule has 0 saturated heterocycles. The van der Waals surface area contributed by atoms with Gasteiger partial charge in [-0.3, -0.25) is 14.3 Å².